The van der Waals surface area contributed by atoms with Gasteiger partial charge in [0.25, 0.3) is 0 Å². The molecule has 0 spiro atoms. The van der Waals surface area contributed by atoms with Gasteiger partial charge in [-0.1, -0.05) is 6.92 Å². The van der Waals surface area contributed by atoms with Crippen LogP contribution in [0.25, 0.3) is 11.2 Å². The number of hydrogen-bond donors (Lipinski definition) is 0. The first-order valence-electron chi connectivity index (χ1n) is 5.54. The summed E-state index contributed by atoms with van der Waals surface area (Å²) in [5.74, 6) is 1.08. The summed E-state index contributed by atoms with van der Waals surface area (Å²) >= 11 is 0. The number of pyridine rings is 1. The van der Waals surface area contributed by atoms with Crippen molar-refractivity contribution in [2.75, 3.05) is 19.0 Å². The molecule has 0 amide bonds. The van der Waals surface area contributed by atoms with Crippen LogP contribution in [0.3, 0.4) is 0 Å². The van der Waals surface area contributed by atoms with E-state index in [0.717, 1.165) is 34.8 Å². The predicted molar refractivity (Wildman–Crippen MR) is 67.0 cm³/mol. The average Bonchev–Trinajstić information content (AvgIpc) is 2.55. The number of aryl methyl sites for hydroxylation is 3. The molecule has 0 atom stereocenters. The van der Waals surface area contributed by atoms with E-state index in [1.54, 1.807) is 0 Å². The van der Waals surface area contributed by atoms with Gasteiger partial charge in [0.15, 0.2) is 5.65 Å². The van der Waals surface area contributed by atoms with E-state index in [0.29, 0.717) is 0 Å². The van der Waals surface area contributed by atoms with E-state index in [9.17, 15) is 0 Å². The zero-order valence-electron chi connectivity index (χ0n) is 10.6. The molecule has 0 aliphatic rings. The van der Waals surface area contributed by atoms with Crippen molar-refractivity contribution in [3.8, 4) is 0 Å². The van der Waals surface area contributed by atoms with E-state index in [2.05, 4.69) is 32.4 Å². The molecule has 2 rings (SSSR count). The lowest BCUT2D eigenvalue weighted by Gasteiger charge is -2.13. The molecule has 4 nitrogen and oxygen atoms in total. The smallest absolute Gasteiger partial charge is 0.162 e. The predicted octanol–water partition coefficient (Wildman–Crippen LogP) is 1.91. The summed E-state index contributed by atoms with van der Waals surface area (Å²) in [5.41, 5.74) is 4.13. The first-order chi connectivity index (χ1) is 7.54. The molecule has 0 aromatic carbocycles. The van der Waals surface area contributed by atoms with E-state index in [1.807, 2.05) is 28.1 Å². The quantitative estimate of drug-likeness (QED) is 0.772. The van der Waals surface area contributed by atoms with Gasteiger partial charge in [0, 0.05) is 33.3 Å². The lowest BCUT2D eigenvalue weighted by Crippen LogP contribution is -2.10. The van der Waals surface area contributed by atoms with Gasteiger partial charge in [-0.2, -0.15) is 0 Å². The fourth-order valence-electron chi connectivity index (χ4n) is 1.96. The second kappa shape index (κ2) is 3.77. The highest BCUT2D eigenvalue weighted by Gasteiger charge is 2.13. The average molecular weight is 218 g/mol. The maximum atomic E-state index is 4.65. The fraction of sp³-hybridized carbons (Fsp3) is 0.500. The fourth-order valence-corrected chi connectivity index (χ4v) is 1.96. The van der Waals surface area contributed by atoms with Crippen LogP contribution in [0, 0.1) is 6.92 Å². The zero-order chi connectivity index (χ0) is 11.9. The second-order valence-electron chi connectivity index (χ2n) is 4.29. The summed E-state index contributed by atoms with van der Waals surface area (Å²) in [7, 11) is 6.10. The number of aromatic nitrogens is 3. The summed E-state index contributed by atoms with van der Waals surface area (Å²) < 4.78 is 2.08. The van der Waals surface area contributed by atoms with Crippen LogP contribution in [0.1, 0.15) is 18.4 Å². The van der Waals surface area contributed by atoms with Crippen molar-refractivity contribution in [1.82, 2.24) is 14.5 Å². The monoisotopic (exact) mass is 218 g/mol. The van der Waals surface area contributed by atoms with Crippen molar-refractivity contribution in [3.05, 3.63) is 17.6 Å². The topological polar surface area (TPSA) is 34.0 Å². The molecule has 2 heterocycles. The van der Waals surface area contributed by atoms with Crippen molar-refractivity contribution in [2.45, 2.75) is 20.3 Å². The van der Waals surface area contributed by atoms with Gasteiger partial charge < -0.3 is 9.47 Å². The Balaban J connectivity index is 2.81. The van der Waals surface area contributed by atoms with Gasteiger partial charge in [0.2, 0.25) is 0 Å². The van der Waals surface area contributed by atoms with E-state index in [1.165, 1.54) is 0 Å². The van der Waals surface area contributed by atoms with Crippen molar-refractivity contribution in [2.24, 2.45) is 7.05 Å². The summed E-state index contributed by atoms with van der Waals surface area (Å²) in [6.45, 7) is 4.13. The van der Waals surface area contributed by atoms with Crippen LogP contribution in [-0.4, -0.2) is 28.6 Å². The summed E-state index contributed by atoms with van der Waals surface area (Å²) in [6.07, 6.45) is 0.929. The Bertz CT molecular complexity index is 525. The minimum Gasteiger partial charge on any atom is -0.376 e. The standard InChI is InChI=1S/C12H18N4/c1-6-10-14-11-9(15(3)4)7-8(2)13-12(11)16(10)5/h7H,6H2,1-5H3. The Morgan fingerprint density at radius 2 is 2.00 bits per heavy atom. The molecule has 0 saturated heterocycles. The summed E-state index contributed by atoms with van der Waals surface area (Å²) in [5, 5.41) is 0. The molecule has 16 heavy (non-hydrogen) atoms. The minimum atomic E-state index is 0.929. The van der Waals surface area contributed by atoms with Crippen LogP contribution >= 0.6 is 0 Å². The lowest BCUT2D eigenvalue weighted by molar-refractivity contribution is 0.820. The minimum absolute atomic E-state index is 0.929. The van der Waals surface area contributed by atoms with Gasteiger partial charge >= 0.3 is 0 Å². The molecule has 0 N–H and O–H groups in total. The molecule has 2 aromatic rings. The van der Waals surface area contributed by atoms with Gasteiger partial charge in [-0.05, 0) is 13.0 Å². The Hall–Kier alpha value is -1.58. The first kappa shape index (κ1) is 10.9. The maximum Gasteiger partial charge on any atom is 0.162 e. The van der Waals surface area contributed by atoms with E-state index >= 15 is 0 Å². The third-order valence-corrected chi connectivity index (χ3v) is 2.83. The van der Waals surface area contributed by atoms with Crippen LogP contribution in [0.15, 0.2) is 6.07 Å². The lowest BCUT2D eigenvalue weighted by atomic mass is 10.3. The third-order valence-electron chi connectivity index (χ3n) is 2.83. The number of fused-ring (bicyclic) bond motifs is 1. The van der Waals surface area contributed by atoms with E-state index in [4.69, 9.17) is 0 Å². The van der Waals surface area contributed by atoms with Crippen molar-refractivity contribution in [1.29, 1.82) is 0 Å². The Kier molecular flexibility index (Phi) is 2.58. The van der Waals surface area contributed by atoms with Crippen LogP contribution < -0.4 is 4.90 Å². The van der Waals surface area contributed by atoms with E-state index in [-0.39, 0.29) is 0 Å². The third kappa shape index (κ3) is 1.54. The summed E-state index contributed by atoms with van der Waals surface area (Å²) in [4.78, 5) is 11.3. The van der Waals surface area contributed by atoms with Crippen LogP contribution in [0.5, 0.6) is 0 Å². The second-order valence-corrected chi connectivity index (χ2v) is 4.29. The number of imidazole rings is 1. The molecule has 0 fully saturated rings. The summed E-state index contributed by atoms with van der Waals surface area (Å²) in [6, 6.07) is 2.08. The van der Waals surface area contributed by atoms with Gasteiger partial charge in [-0.3, -0.25) is 0 Å². The molecule has 0 radical (unpaired) electrons. The molecular formula is C12H18N4. The number of anilines is 1. The van der Waals surface area contributed by atoms with Crippen LogP contribution in [-0.2, 0) is 13.5 Å². The molecule has 0 aliphatic carbocycles. The zero-order valence-corrected chi connectivity index (χ0v) is 10.6. The Labute approximate surface area is 95.9 Å². The van der Waals surface area contributed by atoms with Crippen LogP contribution in [0.4, 0.5) is 5.69 Å². The highest BCUT2D eigenvalue weighted by atomic mass is 15.1. The molecule has 2 aromatic heterocycles. The molecule has 86 valence electrons. The van der Waals surface area contributed by atoms with Gasteiger partial charge in [0.05, 0.1) is 5.69 Å². The molecule has 0 unspecified atom stereocenters. The number of nitrogens with zero attached hydrogens (tertiary/aromatic N) is 4. The first-order valence-corrected chi connectivity index (χ1v) is 5.54. The molecule has 0 aliphatic heterocycles. The van der Waals surface area contributed by atoms with Crippen molar-refractivity contribution < 1.29 is 0 Å². The normalized spacial score (nSPS) is 11.1. The van der Waals surface area contributed by atoms with Gasteiger partial charge in [-0.15, -0.1) is 0 Å². The van der Waals surface area contributed by atoms with Gasteiger partial charge in [-0.25, -0.2) is 9.97 Å². The highest BCUT2D eigenvalue weighted by molar-refractivity contribution is 5.86. The Morgan fingerprint density at radius 1 is 1.31 bits per heavy atom. The largest absolute Gasteiger partial charge is 0.376 e. The highest BCUT2D eigenvalue weighted by Crippen LogP contribution is 2.25. The van der Waals surface area contributed by atoms with Crippen LogP contribution in [0.2, 0.25) is 0 Å². The number of rotatable bonds is 2. The SMILES string of the molecule is CCc1nc2c(N(C)C)cc(C)nc2n1C. The Morgan fingerprint density at radius 3 is 2.56 bits per heavy atom. The van der Waals surface area contributed by atoms with E-state index < -0.39 is 0 Å². The molecule has 4 heteroatoms. The molecule has 0 saturated carbocycles. The molecule has 0 bridgehead atoms. The van der Waals surface area contributed by atoms with Gasteiger partial charge in [0.1, 0.15) is 11.3 Å². The molecular weight excluding hydrogens is 200 g/mol. The van der Waals surface area contributed by atoms with Crippen molar-refractivity contribution in [3.63, 3.8) is 0 Å². The van der Waals surface area contributed by atoms with Crippen molar-refractivity contribution >= 4 is 16.9 Å². The number of hydrogen-bond acceptors (Lipinski definition) is 3. The maximum absolute atomic E-state index is 4.65.